The van der Waals surface area contributed by atoms with Crippen LogP contribution in [-0.4, -0.2) is 33.3 Å². The molecule has 0 radical (unpaired) electrons. The first-order valence-corrected chi connectivity index (χ1v) is 7.82. The molecule has 0 aliphatic carbocycles. The first-order chi connectivity index (χ1) is 11.7. The Morgan fingerprint density at radius 1 is 0.958 bits per heavy atom. The van der Waals surface area contributed by atoms with Gasteiger partial charge in [0.1, 0.15) is 6.61 Å². The van der Waals surface area contributed by atoms with Gasteiger partial charge in [0.15, 0.2) is 11.5 Å². The lowest BCUT2D eigenvalue weighted by atomic mass is 10.1. The van der Waals surface area contributed by atoms with Crippen LogP contribution in [0, 0.1) is 0 Å². The zero-order valence-electron chi connectivity index (χ0n) is 14.1. The number of nitrogens with one attached hydrogen (secondary N) is 1. The van der Waals surface area contributed by atoms with Gasteiger partial charge < -0.3 is 19.5 Å². The first kappa shape index (κ1) is 17.8. The SMILES string of the molecule is COc1ccc(CCNC(=O)COCc2ccccc2)cc1OC. The van der Waals surface area contributed by atoms with Gasteiger partial charge in [0.05, 0.1) is 20.8 Å². The van der Waals surface area contributed by atoms with Crippen LogP contribution in [0.2, 0.25) is 0 Å². The number of benzene rings is 2. The average molecular weight is 329 g/mol. The highest BCUT2D eigenvalue weighted by molar-refractivity contribution is 5.77. The largest absolute Gasteiger partial charge is 0.493 e. The zero-order valence-corrected chi connectivity index (χ0v) is 14.1. The molecule has 0 spiro atoms. The number of rotatable bonds is 9. The van der Waals surface area contributed by atoms with Crippen molar-refractivity contribution >= 4 is 5.91 Å². The number of hydrogen-bond acceptors (Lipinski definition) is 4. The van der Waals surface area contributed by atoms with Gasteiger partial charge in [-0.3, -0.25) is 4.79 Å². The molecule has 0 atom stereocenters. The molecule has 0 aliphatic rings. The minimum Gasteiger partial charge on any atom is -0.493 e. The van der Waals surface area contributed by atoms with E-state index in [0.717, 1.165) is 11.1 Å². The summed E-state index contributed by atoms with van der Waals surface area (Å²) in [6.07, 6.45) is 0.713. The predicted octanol–water partition coefficient (Wildman–Crippen LogP) is 2.58. The van der Waals surface area contributed by atoms with E-state index in [1.165, 1.54) is 0 Å². The third-order valence-corrected chi connectivity index (χ3v) is 3.53. The molecule has 24 heavy (non-hydrogen) atoms. The predicted molar refractivity (Wildman–Crippen MR) is 92.4 cm³/mol. The quantitative estimate of drug-likeness (QED) is 0.768. The molecule has 0 unspecified atom stereocenters. The average Bonchev–Trinajstić information content (AvgIpc) is 2.62. The summed E-state index contributed by atoms with van der Waals surface area (Å²) in [5.41, 5.74) is 2.12. The van der Waals surface area contributed by atoms with Crippen LogP contribution in [0.4, 0.5) is 0 Å². The van der Waals surface area contributed by atoms with Crippen LogP contribution in [0.1, 0.15) is 11.1 Å². The van der Waals surface area contributed by atoms with Crippen LogP contribution in [0.25, 0.3) is 0 Å². The highest BCUT2D eigenvalue weighted by Crippen LogP contribution is 2.27. The van der Waals surface area contributed by atoms with Gasteiger partial charge in [-0.1, -0.05) is 36.4 Å². The van der Waals surface area contributed by atoms with Crippen LogP contribution < -0.4 is 14.8 Å². The number of hydrogen-bond donors (Lipinski definition) is 1. The van der Waals surface area contributed by atoms with Crippen LogP contribution in [0.5, 0.6) is 11.5 Å². The van der Waals surface area contributed by atoms with Gasteiger partial charge in [-0.25, -0.2) is 0 Å². The highest BCUT2D eigenvalue weighted by atomic mass is 16.5. The Morgan fingerprint density at radius 3 is 2.42 bits per heavy atom. The van der Waals surface area contributed by atoms with E-state index in [1.807, 2.05) is 48.5 Å². The second-order valence-corrected chi connectivity index (χ2v) is 5.27. The Hall–Kier alpha value is -2.53. The van der Waals surface area contributed by atoms with Gasteiger partial charge in [-0.15, -0.1) is 0 Å². The van der Waals surface area contributed by atoms with E-state index in [0.29, 0.717) is 31.1 Å². The Morgan fingerprint density at radius 2 is 1.71 bits per heavy atom. The Bertz CT molecular complexity index is 643. The molecule has 5 heteroatoms. The van der Waals surface area contributed by atoms with Gasteiger partial charge in [-0.2, -0.15) is 0 Å². The number of carbonyl (C=O) groups excluding carboxylic acids is 1. The summed E-state index contributed by atoms with van der Waals surface area (Å²) in [5, 5.41) is 2.85. The Labute approximate surface area is 142 Å². The number of carbonyl (C=O) groups is 1. The maximum atomic E-state index is 11.8. The molecule has 0 fully saturated rings. The van der Waals surface area contributed by atoms with Crippen molar-refractivity contribution in [1.29, 1.82) is 0 Å². The molecule has 0 saturated carbocycles. The van der Waals surface area contributed by atoms with E-state index < -0.39 is 0 Å². The summed E-state index contributed by atoms with van der Waals surface area (Å²) >= 11 is 0. The Balaban J connectivity index is 1.69. The number of methoxy groups -OCH3 is 2. The summed E-state index contributed by atoms with van der Waals surface area (Å²) in [5.74, 6) is 1.26. The van der Waals surface area contributed by atoms with Crippen LogP contribution in [0.3, 0.4) is 0 Å². The fraction of sp³-hybridized carbons (Fsp3) is 0.316. The molecule has 0 aliphatic heterocycles. The second kappa shape index (κ2) is 9.57. The van der Waals surface area contributed by atoms with E-state index in [9.17, 15) is 4.79 Å². The van der Waals surface area contributed by atoms with Gasteiger partial charge in [0, 0.05) is 6.54 Å². The minimum atomic E-state index is -0.119. The summed E-state index contributed by atoms with van der Waals surface area (Å²) in [7, 11) is 3.21. The van der Waals surface area contributed by atoms with Crippen molar-refractivity contribution in [2.24, 2.45) is 0 Å². The van der Waals surface area contributed by atoms with Gasteiger partial charge >= 0.3 is 0 Å². The third-order valence-electron chi connectivity index (χ3n) is 3.53. The molecule has 0 bridgehead atoms. The molecule has 2 rings (SSSR count). The smallest absolute Gasteiger partial charge is 0.246 e. The van der Waals surface area contributed by atoms with Crippen LogP contribution >= 0.6 is 0 Å². The third kappa shape index (κ3) is 5.59. The van der Waals surface area contributed by atoms with E-state index in [1.54, 1.807) is 14.2 Å². The molecule has 0 saturated heterocycles. The second-order valence-electron chi connectivity index (χ2n) is 5.27. The maximum absolute atomic E-state index is 11.8. The monoisotopic (exact) mass is 329 g/mol. The van der Waals surface area contributed by atoms with E-state index in [-0.39, 0.29) is 12.5 Å². The van der Waals surface area contributed by atoms with Gasteiger partial charge in [0.2, 0.25) is 5.91 Å². The number of amides is 1. The van der Waals surface area contributed by atoms with Crippen molar-refractivity contribution in [2.45, 2.75) is 13.0 Å². The van der Waals surface area contributed by atoms with Crippen LogP contribution in [0.15, 0.2) is 48.5 Å². The molecule has 2 aromatic rings. The molecule has 2 aromatic carbocycles. The molecule has 1 amide bonds. The summed E-state index contributed by atoms with van der Waals surface area (Å²) in [4.78, 5) is 11.8. The molecular formula is C19H23NO4. The van der Waals surface area contributed by atoms with Gasteiger partial charge in [0.25, 0.3) is 0 Å². The van der Waals surface area contributed by atoms with Crippen molar-refractivity contribution in [1.82, 2.24) is 5.32 Å². The molecular weight excluding hydrogens is 306 g/mol. The standard InChI is InChI=1S/C19H23NO4/c1-22-17-9-8-15(12-18(17)23-2)10-11-20-19(21)14-24-13-16-6-4-3-5-7-16/h3-9,12H,10-11,13-14H2,1-2H3,(H,20,21). The van der Waals surface area contributed by atoms with Crippen molar-refractivity contribution in [2.75, 3.05) is 27.4 Å². The normalized spacial score (nSPS) is 10.2. The molecule has 0 heterocycles. The lowest BCUT2D eigenvalue weighted by Crippen LogP contribution is -2.29. The van der Waals surface area contributed by atoms with Crippen molar-refractivity contribution < 1.29 is 19.0 Å². The first-order valence-electron chi connectivity index (χ1n) is 7.82. The van der Waals surface area contributed by atoms with Crippen LogP contribution in [-0.2, 0) is 22.6 Å². The van der Waals surface area contributed by atoms with E-state index in [4.69, 9.17) is 14.2 Å². The zero-order chi connectivity index (χ0) is 17.2. The molecule has 1 N–H and O–H groups in total. The van der Waals surface area contributed by atoms with Crippen molar-refractivity contribution in [3.63, 3.8) is 0 Å². The molecule has 5 nitrogen and oxygen atoms in total. The lowest BCUT2D eigenvalue weighted by molar-refractivity contribution is -0.126. The summed E-state index contributed by atoms with van der Waals surface area (Å²) < 4.78 is 15.9. The summed E-state index contributed by atoms with van der Waals surface area (Å²) in [6.45, 7) is 1.04. The fourth-order valence-electron chi connectivity index (χ4n) is 2.27. The summed E-state index contributed by atoms with van der Waals surface area (Å²) in [6, 6.07) is 15.5. The molecule has 0 aromatic heterocycles. The van der Waals surface area contributed by atoms with E-state index in [2.05, 4.69) is 5.32 Å². The maximum Gasteiger partial charge on any atom is 0.246 e. The molecule has 128 valence electrons. The lowest BCUT2D eigenvalue weighted by Gasteiger charge is -2.10. The van der Waals surface area contributed by atoms with E-state index >= 15 is 0 Å². The van der Waals surface area contributed by atoms with Crippen molar-refractivity contribution in [3.05, 3.63) is 59.7 Å². The Kier molecular flexibility index (Phi) is 7.11. The van der Waals surface area contributed by atoms with Gasteiger partial charge in [-0.05, 0) is 29.7 Å². The minimum absolute atomic E-state index is 0.0564. The van der Waals surface area contributed by atoms with Crippen molar-refractivity contribution in [3.8, 4) is 11.5 Å². The number of ether oxygens (including phenoxy) is 3. The highest BCUT2D eigenvalue weighted by Gasteiger charge is 2.05. The topological polar surface area (TPSA) is 56.8 Å². The fourth-order valence-corrected chi connectivity index (χ4v) is 2.27.